The molecule has 0 aromatic heterocycles. The number of carbonyl (C=O) groups is 1. The Balaban J connectivity index is 3.38. The predicted molar refractivity (Wildman–Crippen MR) is 50.0 cm³/mol. The van der Waals surface area contributed by atoms with Crippen LogP contribution in [0.25, 0.3) is 0 Å². The van der Waals surface area contributed by atoms with Crippen LogP contribution in [0.1, 0.15) is 19.8 Å². The average Bonchev–Trinajstić information content (AvgIpc) is 2.02. The van der Waals surface area contributed by atoms with Gasteiger partial charge in [-0.25, -0.2) is 4.79 Å². The van der Waals surface area contributed by atoms with E-state index in [1.165, 1.54) is 6.08 Å². The quantitative estimate of drug-likeness (QED) is 0.387. The minimum absolute atomic E-state index is 0.778. The fourth-order valence-electron chi connectivity index (χ4n) is 0.663. The molecule has 0 aliphatic rings. The van der Waals surface area contributed by atoms with E-state index in [4.69, 9.17) is 5.11 Å². The maximum atomic E-state index is 10.0. The Morgan fingerprint density at radius 2 is 1.92 bits per heavy atom. The van der Waals surface area contributed by atoms with Gasteiger partial charge in [0.25, 0.3) is 0 Å². The van der Waals surface area contributed by atoms with Crippen LogP contribution in [0, 0.1) is 0 Å². The van der Waals surface area contributed by atoms with Crippen molar-refractivity contribution in [1.29, 1.82) is 0 Å². The number of carboxylic acid groups (broad SMARTS) is 1. The molecule has 2 nitrogen and oxygen atoms in total. The van der Waals surface area contributed by atoms with E-state index in [9.17, 15) is 4.79 Å². The number of unbranched alkanes of at least 4 members (excludes halogenated alkanes) is 1. The van der Waals surface area contributed by atoms with Crippen molar-refractivity contribution in [3.63, 3.8) is 0 Å². The number of aliphatic carboxylic acids is 1. The van der Waals surface area contributed by atoms with Crippen molar-refractivity contribution in [3.05, 3.63) is 36.5 Å². The van der Waals surface area contributed by atoms with Gasteiger partial charge in [0, 0.05) is 6.08 Å². The van der Waals surface area contributed by atoms with Crippen LogP contribution in [-0.2, 0) is 4.79 Å². The van der Waals surface area contributed by atoms with Crippen LogP contribution >= 0.6 is 0 Å². The van der Waals surface area contributed by atoms with Gasteiger partial charge in [-0.05, 0) is 19.8 Å². The molecule has 0 aromatic rings. The minimum Gasteiger partial charge on any atom is -0.478 e. The normalized spacial score (nSPS) is 12.1. The Bertz CT molecular complexity index is 200. The summed E-state index contributed by atoms with van der Waals surface area (Å²) >= 11 is 0. The summed E-state index contributed by atoms with van der Waals surface area (Å²) in [5, 5.41) is 8.24. The zero-order valence-corrected chi connectivity index (χ0v) is 7.23. The number of carboxylic acids is 1. The fourth-order valence-corrected chi connectivity index (χ4v) is 0.663. The molecule has 2 heteroatoms. The van der Waals surface area contributed by atoms with E-state index in [-0.39, 0.29) is 0 Å². The van der Waals surface area contributed by atoms with Crippen LogP contribution in [0.3, 0.4) is 0 Å². The zero-order chi connectivity index (χ0) is 9.23. The molecule has 0 heterocycles. The van der Waals surface area contributed by atoms with E-state index in [1.54, 1.807) is 6.08 Å². The van der Waals surface area contributed by atoms with Crippen LogP contribution in [0.5, 0.6) is 0 Å². The van der Waals surface area contributed by atoms with Gasteiger partial charge in [-0.15, -0.1) is 0 Å². The van der Waals surface area contributed by atoms with Crippen LogP contribution in [0.2, 0.25) is 0 Å². The highest BCUT2D eigenvalue weighted by Crippen LogP contribution is 1.92. The Morgan fingerprint density at radius 1 is 1.25 bits per heavy atom. The third-order valence-corrected chi connectivity index (χ3v) is 1.20. The van der Waals surface area contributed by atoms with Gasteiger partial charge >= 0.3 is 5.97 Å². The molecule has 0 atom stereocenters. The molecule has 0 aliphatic carbocycles. The molecule has 0 aromatic carbocycles. The lowest BCUT2D eigenvalue weighted by Crippen LogP contribution is -1.84. The molecular weight excluding hydrogens is 152 g/mol. The lowest BCUT2D eigenvalue weighted by Gasteiger charge is -1.83. The number of hydrogen-bond acceptors (Lipinski definition) is 1. The molecular formula is C10H14O2. The maximum absolute atomic E-state index is 10.0. The standard InChI is InChI=1S/C10H14O2/c1-2-3-4-5-6-7-8-9-10(11)12/h2-5,8-9H,6-7H2,1H3,(H,11,12)/b3-2+,5-4-,9-8+. The summed E-state index contributed by atoms with van der Waals surface area (Å²) in [6.07, 6.45) is 12.3. The van der Waals surface area contributed by atoms with Gasteiger partial charge in [0.15, 0.2) is 0 Å². The van der Waals surface area contributed by atoms with E-state index in [2.05, 4.69) is 0 Å². The van der Waals surface area contributed by atoms with Crippen LogP contribution in [-0.4, -0.2) is 11.1 Å². The summed E-state index contributed by atoms with van der Waals surface area (Å²) in [4.78, 5) is 10.0. The molecule has 0 aliphatic heterocycles. The number of allylic oxidation sites excluding steroid dienone is 5. The van der Waals surface area contributed by atoms with E-state index >= 15 is 0 Å². The van der Waals surface area contributed by atoms with Gasteiger partial charge in [-0.2, -0.15) is 0 Å². The summed E-state index contributed by atoms with van der Waals surface area (Å²) in [7, 11) is 0. The first-order valence-corrected chi connectivity index (χ1v) is 3.94. The maximum Gasteiger partial charge on any atom is 0.327 e. The molecule has 0 rings (SSSR count). The van der Waals surface area contributed by atoms with Gasteiger partial charge in [0.1, 0.15) is 0 Å². The lowest BCUT2D eigenvalue weighted by molar-refractivity contribution is -0.131. The zero-order valence-electron chi connectivity index (χ0n) is 7.23. The highest BCUT2D eigenvalue weighted by Gasteiger charge is 1.82. The molecule has 12 heavy (non-hydrogen) atoms. The summed E-state index contributed by atoms with van der Waals surface area (Å²) in [6, 6.07) is 0. The van der Waals surface area contributed by atoms with E-state index in [0.717, 1.165) is 12.8 Å². The second-order valence-electron chi connectivity index (χ2n) is 2.27. The Labute approximate surface area is 72.9 Å². The van der Waals surface area contributed by atoms with Gasteiger partial charge in [0.05, 0.1) is 0 Å². The van der Waals surface area contributed by atoms with Crippen molar-refractivity contribution < 1.29 is 9.90 Å². The predicted octanol–water partition coefficient (Wildman–Crippen LogP) is 2.54. The molecule has 66 valence electrons. The molecule has 0 radical (unpaired) electrons. The van der Waals surface area contributed by atoms with Crippen LogP contribution in [0.15, 0.2) is 36.5 Å². The van der Waals surface area contributed by atoms with E-state index in [1.807, 2.05) is 31.2 Å². The average molecular weight is 166 g/mol. The third kappa shape index (κ3) is 8.69. The second-order valence-corrected chi connectivity index (χ2v) is 2.27. The topological polar surface area (TPSA) is 37.3 Å². The summed E-state index contributed by atoms with van der Waals surface area (Å²) in [6.45, 7) is 1.95. The van der Waals surface area contributed by atoms with Gasteiger partial charge in [-0.3, -0.25) is 0 Å². The summed E-state index contributed by atoms with van der Waals surface area (Å²) in [5.41, 5.74) is 0. The highest BCUT2D eigenvalue weighted by molar-refractivity contribution is 5.79. The first kappa shape index (κ1) is 10.7. The molecule has 0 unspecified atom stereocenters. The van der Waals surface area contributed by atoms with Crippen LogP contribution in [0.4, 0.5) is 0 Å². The van der Waals surface area contributed by atoms with Gasteiger partial charge in [-0.1, -0.05) is 30.4 Å². The SMILES string of the molecule is C/C=C/C=C\CC/C=C/C(=O)O. The van der Waals surface area contributed by atoms with E-state index < -0.39 is 5.97 Å². The summed E-state index contributed by atoms with van der Waals surface area (Å²) < 4.78 is 0. The van der Waals surface area contributed by atoms with Crippen molar-refractivity contribution >= 4 is 5.97 Å². The Hall–Kier alpha value is -1.31. The third-order valence-electron chi connectivity index (χ3n) is 1.20. The molecule has 0 amide bonds. The number of rotatable bonds is 5. The van der Waals surface area contributed by atoms with E-state index in [0.29, 0.717) is 0 Å². The molecule has 1 N–H and O–H groups in total. The highest BCUT2D eigenvalue weighted by atomic mass is 16.4. The molecule has 0 bridgehead atoms. The van der Waals surface area contributed by atoms with Crippen molar-refractivity contribution in [1.82, 2.24) is 0 Å². The second kappa shape index (κ2) is 7.79. The van der Waals surface area contributed by atoms with Gasteiger partial charge in [0.2, 0.25) is 0 Å². The fraction of sp³-hybridized carbons (Fsp3) is 0.300. The monoisotopic (exact) mass is 166 g/mol. The van der Waals surface area contributed by atoms with Crippen LogP contribution < -0.4 is 0 Å². The largest absolute Gasteiger partial charge is 0.478 e. The lowest BCUT2D eigenvalue weighted by atomic mass is 10.2. The minimum atomic E-state index is -0.882. The Kier molecular flexibility index (Phi) is 6.94. The molecule has 0 fully saturated rings. The number of hydrogen-bond donors (Lipinski definition) is 1. The van der Waals surface area contributed by atoms with Crippen molar-refractivity contribution in [3.8, 4) is 0 Å². The Morgan fingerprint density at radius 3 is 2.50 bits per heavy atom. The van der Waals surface area contributed by atoms with Crippen molar-refractivity contribution in [2.24, 2.45) is 0 Å². The first-order chi connectivity index (χ1) is 5.77. The molecule has 0 saturated heterocycles. The van der Waals surface area contributed by atoms with Gasteiger partial charge < -0.3 is 5.11 Å². The summed E-state index contributed by atoms with van der Waals surface area (Å²) in [5.74, 6) is -0.882. The molecule has 0 spiro atoms. The van der Waals surface area contributed by atoms with Crippen molar-refractivity contribution in [2.75, 3.05) is 0 Å². The first-order valence-electron chi connectivity index (χ1n) is 3.94. The van der Waals surface area contributed by atoms with Crippen molar-refractivity contribution in [2.45, 2.75) is 19.8 Å². The molecule has 0 saturated carbocycles. The smallest absolute Gasteiger partial charge is 0.327 e.